The second-order valence-corrected chi connectivity index (χ2v) is 7.09. The molecule has 0 saturated heterocycles. The van der Waals surface area contributed by atoms with Gasteiger partial charge in [0.1, 0.15) is 0 Å². The predicted octanol–water partition coefficient (Wildman–Crippen LogP) is 0.180. The van der Waals surface area contributed by atoms with Gasteiger partial charge in [-0.15, -0.1) is 4.83 Å². The summed E-state index contributed by atoms with van der Waals surface area (Å²) in [7, 11) is -3.82. The zero-order valence-corrected chi connectivity index (χ0v) is 13.7. The van der Waals surface area contributed by atoms with Gasteiger partial charge in [-0.2, -0.15) is 0 Å². The van der Waals surface area contributed by atoms with Gasteiger partial charge in [-0.25, -0.2) is 13.4 Å². The number of benzene rings is 1. The maximum atomic E-state index is 11.9. The fourth-order valence-electron chi connectivity index (χ4n) is 1.57. The van der Waals surface area contributed by atoms with Crippen LogP contribution in [0.2, 0.25) is 0 Å². The number of hydrogen-bond acceptors (Lipinski definition) is 6. The van der Waals surface area contributed by atoms with Gasteiger partial charge in [0.2, 0.25) is 5.91 Å². The first kappa shape index (κ1) is 17.2. The largest absolute Gasteiger partial charge is 0.301 e. The van der Waals surface area contributed by atoms with Crippen LogP contribution in [0.4, 0.5) is 0 Å². The molecule has 2 aromatic rings. The minimum Gasteiger partial charge on any atom is -0.301 e. The van der Waals surface area contributed by atoms with E-state index < -0.39 is 15.9 Å². The van der Waals surface area contributed by atoms with E-state index in [-0.39, 0.29) is 21.4 Å². The molecule has 3 N–H and O–H groups in total. The Kier molecular flexibility index (Phi) is 5.53. The molecule has 2 rings (SSSR count). The number of hydrazine groups is 1. The molecule has 0 unspecified atom stereocenters. The van der Waals surface area contributed by atoms with E-state index in [1.54, 1.807) is 25.1 Å². The number of nitrogens with zero attached hydrogens (tertiary/aromatic N) is 1. The number of hydrogen-bond donors (Lipinski definition) is 3. The highest BCUT2D eigenvalue weighted by Crippen LogP contribution is 2.10. The standard InChI is InChI=1S/C13H14N4O4S2/c1-9-7-11(18)15-13(14-9)22-8-12(19)16-17-23(20,21)10-5-3-2-4-6-10/h2-7,17H,8H2,1H3,(H,16,19)(H,14,15,18). The van der Waals surface area contributed by atoms with Crippen molar-refractivity contribution in [2.45, 2.75) is 17.0 Å². The maximum Gasteiger partial charge on any atom is 0.257 e. The highest BCUT2D eigenvalue weighted by molar-refractivity contribution is 7.99. The number of aromatic amines is 1. The molecule has 23 heavy (non-hydrogen) atoms. The average Bonchev–Trinajstić information content (AvgIpc) is 2.51. The quantitative estimate of drug-likeness (QED) is 0.387. The van der Waals surface area contributed by atoms with E-state index in [2.05, 4.69) is 15.4 Å². The number of H-pyrrole nitrogens is 1. The first-order valence-corrected chi connectivity index (χ1v) is 8.90. The Bertz CT molecular complexity index is 850. The third kappa shape index (κ3) is 5.20. The second-order valence-electron chi connectivity index (χ2n) is 4.45. The number of nitrogens with one attached hydrogen (secondary N) is 3. The van der Waals surface area contributed by atoms with Gasteiger partial charge in [-0.1, -0.05) is 30.0 Å². The summed E-state index contributed by atoms with van der Waals surface area (Å²) in [6.07, 6.45) is 0. The lowest BCUT2D eigenvalue weighted by atomic mass is 10.4. The molecule has 1 amide bonds. The van der Waals surface area contributed by atoms with Gasteiger partial charge in [-0.3, -0.25) is 15.0 Å². The fourth-order valence-corrected chi connectivity index (χ4v) is 3.18. The summed E-state index contributed by atoms with van der Waals surface area (Å²) in [4.78, 5) is 31.5. The lowest BCUT2D eigenvalue weighted by Gasteiger charge is -2.08. The van der Waals surface area contributed by atoms with Crippen LogP contribution in [0, 0.1) is 6.92 Å². The molecule has 0 fully saturated rings. The highest BCUT2D eigenvalue weighted by Gasteiger charge is 2.14. The van der Waals surface area contributed by atoms with Crippen LogP contribution in [-0.2, 0) is 14.8 Å². The van der Waals surface area contributed by atoms with Gasteiger partial charge in [0, 0.05) is 11.8 Å². The number of carbonyl (C=O) groups excluding carboxylic acids is 1. The summed E-state index contributed by atoms with van der Waals surface area (Å²) in [6.45, 7) is 1.66. The minimum atomic E-state index is -3.82. The number of aryl methyl sites for hydroxylation is 1. The Morgan fingerprint density at radius 1 is 1.30 bits per heavy atom. The molecule has 0 bridgehead atoms. The molecule has 1 aromatic carbocycles. The van der Waals surface area contributed by atoms with Crippen molar-refractivity contribution < 1.29 is 13.2 Å². The number of amides is 1. The average molecular weight is 354 g/mol. The molecule has 0 saturated carbocycles. The number of carbonyl (C=O) groups is 1. The van der Waals surface area contributed by atoms with E-state index in [0.29, 0.717) is 5.69 Å². The second kappa shape index (κ2) is 7.40. The summed E-state index contributed by atoms with van der Waals surface area (Å²) < 4.78 is 23.8. The normalized spacial score (nSPS) is 11.2. The van der Waals surface area contributed by atoms with Crippen LogP contribution < -0.4 is 15.8 Å². The Labute approximate surface area is 136 Å². The van der Waals surface area contributed by atoms with Gasteiger partial charge in [0.15, 0.2) is 5.16 Å². The van der Waals surface area contributed by atoms with Gasteiger partial charge >= 0.3 is 0 Å². The molecule has 8 nitrogen and oxygen atoms in total. The van der Waals surface area contributed by atoms with E-state index >= 15 is 0 Å². The smallest absolute Gasteiger partial charge is 0.257 e. The first-order valence-electron chi connectivity index (χ1n) is 6.43. The van der Waals surface area contributed by atoms with Crippen molar-refractivity contribution in [1.82, 2.24) is 20.2 Å². The van der Waals surface area contributed by atoms with Gasteiger partial charge < -0.3 is 4.98 Å². The molecule has 0 aliphatic rings. The molecule has 0 aliphatic carbocycles. The summed E-state index contributed by atoms with van der Waals surface area (Å²) in [5, 5.41) is 0.288. The third-order valence-electron chi connectivity index (χ3n) is 2.57. The van der Waals surface area contributed by atoms with Crippen molar-refractivity contribution >= 4 is 27.7 Å². The van der Waals surface area contributed by atoms with Crippen molar-refractivity contribution in [3.05, 3.63) is 52.4 Å². The molecule has 0 atom stereocenters. The Hall–Kier alpha value is -2.17. The van der Waals surface area contributed by atoms with E-state index in [4.69, 9.17) is 0 Å². The predicted molar refractivity (Wildman–Crippen MR) is 85.2 cm³/mol. The van der Waals surface area contributed by atoms with E-state index in [9.17, 15) is 18.0 Å². The summed E-state index contributed by atoms with van der Waals surface area (Å²) >= 11 is 0.990. The van der Waals surface area contributed by atoms with Gasteiger partial charge in [-0.05, 0) is 19.1 Å². The number of rotatable bonds is 6. The van der Waals surface area contributed by atoms with Crippen LogP contribution in [0.1, 0.15) is 5.69 Å². The maximum absolute atomic E-state index is 11.9. The first-order chi connectivity index (χ1) is 10.9. The molecule has 10 heteroatoms. The molecular weight excluding hydrogens is 340 g/mol. The monoisotopic (exact) mass is 354 g/mol. The summed E-state index contributed by atoms with van der Waals surface area (Å²) in [5.74, 6) is -0.678. The zero-order chi connectivity index (χ0) is 16.9. The molecular formula is C13H14N4O4S2. The van der Waals surface area contributed by atoms with Crippen LogP contribution in [0.15, 0.2) is 51.2 Å². The zero-order valence-electron chi connectivity index (χ0n) is 12.1. The van der Waals surface area contributed by atoms with E-state index in [1.165, 1.54) is 18.2 Å². The van der Waals surface area contributed by atoms with Crippen LogP contribution in [0.25, 0.3) is 0 Å². The van der Waals surface area contributed by atoms with E-state index in [0.717, 1.165) is 11.8 Å². The van der Waals surface area contributed by atoms with Crippen molar-refractivity contribution in [3.8, 4) is 0 Å². The number of thioether (sulfide) groups is 1. The van der Waals surface area contributed by atoms with Crippen molar-refractivity contribution in [1.29, 1.82) is 0 Å². The van der Waals surface area contributed by atoms with Crippen LogP contribution in [0.3, 0.4) is 0 Å². The minimum absolute atomic E-state index is 0.0395. The van der Waals surface area contributed by atoms with Crippen molar-refractivity contribution in [2.75, 3.05) is 5.75 Å². The van der Waals surface area contributed by atoms with E-state index in [1.807, 2.05) is 4.83 Å². The highest BCUT2D eigenvalue weighted by atomic mass is 32.2. The van der Waals surface area contributed by atoms with Gasteiger partial charge in [0.25, 0.3) is 15.6 Å². The molecule has 122 valence electrons. The summed E-state index contributed by atoms with van der Waals surface area (Å²) in [6, 6.07) is 8.98. The molecule has 0 aliphatic heterocycles. The molecule has 1 heterocycles. The Balaban J connectivity index is 1.89. The van der Waals surface area contributed by atoms with Crippen molar-refractivity contribution in [2.24, 2.45) is 0 Å². The van der Waals surface area contributed by atoms with Crippen LogP contribution >= 0.6 is 11.8 Å². The van der Waals surface area contributed by atoms with Crippen LogP contribution in [-0.4, -0.2) is 30.0 Å². The Morgan fingerprint density at radius 2 is 2.00 bits per heavy atom. The lowest BCUT2D eigenvalue weighted by Crippen LogP contribution is -2.42. The van der Waals surface area contributed by atoms with Crippen LogP contribution in [0.5, 0.6) is 0 Å². The fraction of sp³-hybridized carbons (Fsp3) is 0.154. The number of sulfonamides is 1. The number of aromatic nitrogens is 2. The SMILES string of the molecule is Cc1cc(=O)[nH]c(SCC(=O)NNS(=O)(=O)c2ccccc2)n1. The molecule has 1 aromatic heterocycles. The summed E-state index contributed by atoms with van der Waals surface area (Å²) in [5.41, 5.74) is 2.32. The lowest BCUT2D eigenvalue weighted by molar-refractivity contribution is -0.119. The molecule has 0 radical (unpaired) electrons. The van der Waals surface area contributed by atoms with Crippen molar-refractivity contribution in [3.63, 3.8) is 0 Å². The molecule has 0 spiro atoms. The topological polar surface area (TPSA) is 121 Å². The third-order valence-corrected chi connectivity index (χ3v) is 4.70. The van der Waals surface area contributed by atoms with Gasteiger partial charge in [0.05, 0.1) is 10.6 Å². The Morgan fingerprint density at radius 3 is 2.65 bits per heavy atom.